The standard InChI is InChI=1S/C18H24N4O2/c1-14-3-2-4-16(9-14)17(23)13-19-10-15-11-20-18(21-12-15)22-5-7-24-8-6-22/h2-4,9,11-12,17,19,23H,5-8,10,13H2,1H3. The number of aryl methyl sites for hydroxylation is 1. The molecule has 1 saturated heterocycles. The molecular formula is C18H24N4O2. The molecule has 1 unspecified atom stereocenters. The normalized spacial score (nSPS) is 16.2. The zero-order valence-corrected chi connectivity index (χ0v) is 14.0. The minimum absolute atomic E-state index is 0.495. The number of hydrogen-bond acceptors (Lipinski definition) is 6. The van der Waals surface area contributed by atoms with Crippen LogP contribution in [0.4, 0.5) is 5.95 Å². The Bertz CT molecular complexity index is 642. The van der Waals surface area contributed by atoms with Crippen LogP contribution in [0.15, 0.2) is 36.7 Å². The second kappa shape index (κ2) is 8.19. The molecule has 0 saturated carbocycles. The van der Waals surface area contributed by atoms with Gasteiger partial charge in [-0.3, -0.25) is 0 Å². The third kappa shape index (κ3) is 4.50. The summed E-state index contributed by atoms with van der Waals surface area (Å²) in [7, 11) is 0. The number of aliphatic hydroxyl groups excluding tert-OH is 1. The fourth-order valence-electron chi connectivity index (χ4n) is 2.71. The molecule has 6 heteroatoms. The van der Waals surface area contributed by atoms with Crippen LogP contribution in [0.1, 0.15) is 22.8 Å². The van der Waals surface area contributed by atoms with Crippen molar-refractivity contribution in [2.45, 2.75) is 19.6 Å². The van der Waals surface area contributed by atoms with E-state index in [2.05, 4.69) is 20.2 Å². The summed E-state index contributed by atoms with van der Waals surface area (Å²) in [4.78, 5) is 11.0. The van der Waals surface area contributed by atoms with Crippen LogP contribution in [0.3, 0.4) is 0 Å². The lowest BCUT2D eigenvalue weighted by Gasteiger charge is -2.26. The van der Waals surface area contributed by atoms with Gasteiger partial charge in [0.25, 0.3) is 0 Å². The van der Waals surface area contributed by atoms with Crippen LogP contribution in [0.2, 0.25) is 0 Å². The second-order valence-electron chi connectivity index (χ2n) is 6.05. The molecule has 0 bridgehead atoms. The van der Waals surface area contributed by atoms with Gasteiger partial charge in [0.05, 0.1) is 19.3 Å². The fraction of sp³-hybridized carbons (Fsp3) is 0.444. The van der Waals surface area contributed by atoms with Gasteiger partial charge in [0.1, 0.15) is 0 Å². The number of rotatable bonds is 6. The van der Waals surface area contributed by atoms with E-state index in [9.17, 15) is 5.11 Å². The van der Waals surface area contributed by atoms with Crippen molar-refractivity contribution in [3.63, 3.8) is 0 Å². The van der Waals surface area contributed by atoms with E-state index < -0.39 is 6.10 Å². The first-order valence-corrected chi connectivity index (χ1v) is 8.31. The summed E-state index contributed by atoms with van der Waals surface area (Å²) in [5.74, 6) is 0.752. The molecule has 6 nitrogen and oxygen atoms in total. The van der Waals surface area contributed by atoms with Gasteiger partial charge in [-0.15, -0.1) is 0 Å². The quantitative estimate of drug-likeness (QED) is 0.836. The Balaban J connectivity index is 1.48. The van der Waals surface area contributed by atoms with Crippen LogP contribution < -0.4 is 10.2 Å². The third-order valence-corrected chi connectivity index (χ3v) is 4.08. The molecule has 2 N–H and O–H groups in total. The van der Waals surface area contributed by atoms with E-state index in [1.807, 2.05) is 43.6 Å². The van der Waals surface area contributed by atoms with E-state index in [0.29, 0.717) is 13.1 Å². The monoisotopic (exact) mass is 328 g/mol. The molecule has 3 rings (SSSR count). The van der Waals surface area contributed by atoms with Gasteiger partial charge in [-0.2, -0.15) is 0 Å². The summed E-state index contributed by atoms with van der Waals surface area (Å²) < 4.78 is 5.33. The van der Waals surface area contributed by atoms with Crippen LogP contribution in [-0.2, 0) is 11.3 Å². The Morgan fingerprint density at radius 3 is 2.71 bits per heavy atom. The molecule has 1 aliphatic heterocycles. The molecule has 24 heavy (non-hydrogen) atoms. The Labute approximate surface area is 142 Å². The van der Waals surface area contributed by atoms with E-state index >= 15 is 0 Å². The van der Waals surface area contributed by atoms with E-state index in [-0.39, 0.29) is 0 Å². The highest BCUT2D eigenvalue weighted by Crippen LogP contribution is 2.14. The molecule has 2 aromatic rings. The number of aromatic nitrogens is 2. The van der Waals surface area contributed by atoms with Crippen molar-refractivity contribution in [1.29, 1.82) is 0 Å². The van der Waals surface area contributed by atoms with Crippen molar-refractivity contribution in [2.75, 3.05) is 37.7 Å². The maximum absolute atomic E-state index is 10.2. The van der Waals surface area contributed by atoms with Crippen molar-refractivity contribution in [2.24, 2.45) is 0 Å². The summed E-state index contributed by atoms with van der Waals surface area (Å²) in [5.41, 5.74) is 3.09. The Morgan fingerprint density at radius 1 is 1.25 bits per heavy atom. The van der Waals surface area contributed by atoms with E-state index in [4.69, 9.17) is 4.74 Å². The number of anilines is 1. The molecule has 1 aromatic heterocycles. The topological polar surface area (TPSA) is 70.5 Å². The predicted molar refractivity (Wildman–Crippen MR) is 92.9 cm³/mol. The van der Waals surface area contributed by atoms with Crippen LogP contribution >= 0.6 is 0 Å². The number of aliphatic hydroxyl groups is 1. The molecule has 128 valence electrons. The van der Waals surface area contributed by atoms with Gasteiger partial charge in [-0.1, -0.05) is 29.8 Å². The summed E-state index contributed by atoms with van der Waals surface area (Å²) in [6, 6.07) is 7.94. The number of benzene rings is 1. The van der Waals surface area contributed by atoms with E-state index in [1.54, 1.807) is 0 Å². The first-order valence-electron chi connectivity index (χ1n) is 8.31. The van der Waals surface area contributed by atoms with Gasteiger partial charge in [0, 0.05) is 44.1 Å². The highest BCUT2D eigenvalue weighted by molar-refractivity contribution is 5.30. The highest BCUT2D eigenvalue weighted by Gasteiger charge is 2.13. The van der Waals surface area contributed by atoms with Crippen molar-refractivity contribution in [3.8, 4) is 0 Å². The molecule has 1 aromatic carbocycles. The molecule has 0 amide bonds. The highest BCUT2D eigenvalue weighted by atomic mass is 16.5. The number of ether oxygens (including phenoxy) is 1. The number of hydrogen-bond donors (Lipinski definition) is 2. The maximum atomic E-state index is 10.2. The van der Waals surface area contributed by atoms with Gasteiger partial charge in [0.2, 0.25) is 5.95 Å². The Hall–Kier alpha value is -2.02. The van der Waals surface area contributed by atoms with E-state index in [1.165, 1.54) is 0 Å². The molecular weight excluding hydrogens is 304 g/mol. The average Bonchev–Trinajstić information content (AvgIpc) is 2.63. The van der Waals surface area contributed by atoms with Crippen molar-refractivity contribution >= 4 is 5.95 Å². The Kier molecular flexibility index (Phi) is 5.74. The minimum atomic E-state index is -0.515. The average molecular weight is 328 g/mol. The van der Waals surface area contributed by atoms with E-state index in [0.717, 1.165) is 48.9 Å². The molecule has 1 fully saturated rings. The number of morpholine rings is 1. The van der Waals surface area contributed by atoms with Crippen molar-refractivity contribution in [1.82, 2.24) is 15.3 Å². The number of nitrogens with zero attached hydrogens (tertiary/aromatic N) is 3. The smallest absolute Gasteiger partial charge is 0.225 e. The molecule has 0 aliphatic carbocycles. The van der Waals surface area contributed by atoms with Crippen LogP contribution in [0.25, 0.3) is 0 Å². The minimum Gasteiger partial charge on any atom is -0.387 e. The second-order valence-corrected chi connectivity index (χ2v) is 6.05. The summed E-state index contributed by atoms with van der Waals surface area (Å²) in [6.45, 7) is 6.27. The lowest BCUT2D eigenvalue weighted by Crippen LogP contribution is -2.37. The van der Waals surface area contributed by atoms with Gasteiger partial charge >= 0.3 is 0 Å². The first-order chi connectivity index (χ1) is 11.7. The van der Waals surface area contributed by atoms with Gasteiger partial charge < -0.3 is 20.1 Å². The largest absolute Gasteiger partial charge is 0.387 e. The maximum Gasteiger partial charge on any atom is 0.225 e. The fourth-order valence-corrected chi connectivity index (χ4v) is 2.71. The zero-order chi connectivity index (χ0) is 16.8. The van der Waals surface area contributed by atoms with Crippen LogP contribution in [0, 0.1) is 6.92 Å². The summed E-state index contributed by atoms with van der Waals surface area (Å²) in [6.07, 6.45) is 3.16. The summed E-state index contributed by atoms with van der Waals surface area (Å²) >= 11 is 0. The van der Waals surface area contributed by atoms with Gasteiger partial charge in [0.15, 0.2) is 0 Å². The zero-order valence-electron chi connectivity index (χ0n) is 14.0. The summed E-state index contributed by atoms with van der Waals surface area (Å²) in [5, 5.41) is 13.5. The molecule has 1 atom stereocenters. The lowest BCUT2D eigenvalue weighted by molar-refractivity contribution is 0.122. The third-order valence-electron chi connectivity index (χ3n) is 4.08. The Morgan fingerprint density at radius 2 is 2.00 bits per heavy atom. The van der Waals surface area contributed by atoms with Crippen LogP contribution in [-0.4, -0.2) is 47.9 Å². The molecule has 2 heterocycles. The van der Waals surface area contributed by atoms with Gasteiger partial charge in [-0.25, -0.2) is 9.97 Å². The SMILES string of the molecule is Cc1cccc(C(O)CNCc2cnc(N3CCOCC3)nc2)c1. The lowest BCUT2D eigenvalue weighted by atomic mass is 10.1. The molecule has 1 aliphatic rings. The van der Waals surface area contributed by atoms with Crippen molar-refractivity contribution < 1.29 is 9.84 Å². The molecule has 0 radical (unpaired) electrons. The number of nitrogens with one attached hydrogen (secondary N) is 1. The van der Waals surface area contributed by atoms with Crippen molar-refractivity contribution in [3.05, 3.63) is 53.3 Å². The van der Waals surface area contributed by atoms with Crippen LogP contribution in [0.5, 0.6) is 0 Å². The first kappa shape index (κ1) is 16.8. The predicted octanol–water partition coefficient (Wildman–Crippen LogP) is 1.44. The molecule has 0 spiro atoms. The van der Waals surface area contributed by atoms with Gasteiger partial charge in [-0.05, 0) is 12.5 Å².